The molecular formula is C15H14F3N3O7. The van der Waals surface area contributed by atoms with Crippen LogP contribution in [0.15, 0.2) is 15.8 Å². The highest BCUT2D eigenvalue weighted by molar-refractivity contribution is 5.81. The summed E-state index contributed by atoms with van der Waals surface area (Å²) in [5.74, 6) is 2.23. The second kappa shape index (κ2) is 7.06. The van der Waals surface area contributed by atoms with Crippen LogP contribution in [-0.4, -0.2) is 69.4 Å². The van der Waals surface area contributed by atoms with Gasteiger partial charge in [0.1, 0.15) is 23.4 Å². The van der Waals surface area contributed by atoms with Crippen LogP contribution in [0.1, 0.15) is 11.8 Å². The summed E-state index contributed by atoms with van der Waals surface area (Å²) in [6.45, 7) is -1.34. The molecule has 28 heavy (non-hydrogen) atoms. The number of aliphatic hydroxyl groups is 2. The van der Waals surface area contributed by atoms with Gasteiger partial charge in [-0.1, -0.05) is 11.8 Å². The Morgan fingerprint density at radius 2 is 2.18 bits per heavy atom. The lowest BCUT2D eigenvalue weighted by molar-refractivity contribution is -0.187. The zero-order valence-corrected chi connectivity index (χ0v) is 13.9. The van der Waals surface area contributed by atoms with Gasteiger partial charge in [-0.2, -0.15) is 13.2 Å². The molecule has 0 radical (unpaired) electrons. The van der Waals surface area contributed by atoms with E-state index in [4.69, 9.17) is 9.47 Å². The SMILES string of the molecule is O=C(NCC#Cc1cn([C@@H]2O[C@]3(CO)COC2C3O)c(=O)[nH]c1=O)C(F)(F)F. The molecule has 4 N–H and O–H groups in total. The Morgan fingerprint density at radius 1 is 1.46 bits per heavy atom. The number of nitrogens with one attached hydrogen (secondary N) is 2. The first-order valence-electron chi connectivity index (χ1n) is 7.87. The maximum atomic E-state index is 12.1. The van der Waals surface area contributed by atoms with Crippen molar-refractivity contribution in [1.82, 2.24) is 14.9 Å². The monoisotopic (exact) mass is 405 g/mol. The lowest BCUT2D eigenvalue weighted by Crippen LogP contribution is -2.44. The zero-order chi connectivity index (χ0) is 20.7. The Labute approximate surface area is 153 Å². The molecule has 13 heteroatoms. The summed E-state index contributed by atoms with van der Waals surface area (Å²) in [6, 6.07) is 0. The number of hydrogen-bond acceptors (Lipinski definition) is 7. The van der Waals surface area contributed by atoms with Crippen molar-refractivity contribution in [3.63, 3.8) is 0 Å². The molecule has 1 amide bonds. The maximum Gasteiger partial charge on any atom is 0.471 e. The van der Waals surface area contributed by atoms with Gasteiger partial charge in [-0.3, -0.25) is 19.1 Å². The fourth-order valence-electron chi connectivity index (χ4n) is 2.88. The molecule has 0 aliphatic carbocycles. The fourth-order valence-corrected chi connectivity index (χ4v) is 2.88. The van der Waals surface area contributed by atoms with E-state index in [0.29, 0.717) is 0 Å². The zero-order valence-electron chi connectivity index (χ0n) is 13.9. The number of aromatic amines is 1. The van der Waals surface area contributed by atoms with Gasteiger partial charge in [-0.15, -0.1) is 0 Å². The summed E-state index contributed by atoms with van der Waals surface area (Å²) in [5, 5.41) is 21.1. The van der Waals surface area contributed by atoms with Crippen molar-refractivity contribution in [2.24, 2.45) is 0 Å². The maximum absolute atomic E-state index is 12.1. The van der Waals surface area contributed by atoms with E-state index in [1.807, 2.05) is 4.98 Å². The van der Waals surface area contributed by atoms with Crippen LogP contribution in [0, 0.1) is 11.8 Å². The van der Waals surface area contributed by atoms with Crippen molar-refractivity contribution < 1.29 is 37.7 Å². The van der Waals surface area contributed by atoms with Crippen LogP contribution in [0.25, 0.3) is 0 Å². The van der Waals surface area contributed by atoms with Crippen molar-refractivity contribution in [3.05, 3.63) is 32.6 Å². The average Bonchev–Trinajstić information content (AvgIpc) is 3.09. The van der Waals surface area contributed by atoms with Crippen molar-refractivity contribution in [3.8, 4) is 11.8 Å². The molecule has 1 aromatic heterocycles. The molecule has 10 nitrogen and oxygen atoms in total. The van der Waals surface area contributed by atoms with Crippen LogP contribution in [-0.2, 0) is 14.3 Å². The molecule has 2 aliphatic rings. The number of ether oxygens (including phenoxy) is 2. The standard InChI is InChI=1S/C15H14F3N3O7/c16-15(17,18)12(25)19-3-1-2-7-4-21(13(26)20-10(7)24)11-8-9(23)14(5-22,28-11)6-27-8/h4,8-9,11,22-23H,3,5-6H2,(H,19,25)(H,20,24,26)/t8?,9?,11-,14-/m1/s1. The summed E-state index contributed by atoms with van der Waals surface area (Å²) < 4.78 is 48.0. The molecular weight excluding hydrogens is 391 g/mol. The predicted molar refractivity (Wildman–Crippen MR) is 83.0 cm³/mol. The molecule has 2 unspecified atom stereocenters. The van der Waals surface area contributed by atoms with Crippen molar-refractivity contribution in [1.29, 1.82) is 0 Å². The van der Waals surface area contributed by atoms with Gasteiger partial charge in [0, 0.05) is 6.20 Å². The predicted octanol–water partition coefficient (Wildman–Crippen LogP) is -2.41. The number of alkyl halides is 3. The first-order chi connectivity index (χ1) is 13.1. The van der Waals surface area contributed by atoms with Gasteiger partial charge in [0.05, 0.1) is 19.8 Å². The number of halogens is 3. The Bertz CT molecular complexity index is 961. The van der Waals surface area contributed by atoms with Crippen LogP contribution in [0.4, 0.5) is 13.2 Å². The largest absolute Gasteiger partial charge is 0.471 e. The molecule has 2 fully saturated rings. The van der Waals surface area contributed by atoms with Crippen LogP contribution in [0.3, 0.4) is 0 Å². The van der Waals surface area contributed by atoms with Crippen LogP contribution in [0.5, 0.6) is 0 Å². The van der Waals surface area contributed by atoms with E-state index < -0.39 is 60.5 Å². The van der Waals surface area contributed by atoms with E-state index in [0.717, 1.165) is 10.8 Å². The van der Waals surface area contributed by atoms with Gasteiger partial charge >= 0.3 is 17.8 Å². The van der Waals surface area contributed by atoms with E-state index >= 15 is 0 Å². The van der Waals surface area contributed by atoms with E-state index in [-0.39, 0.29) is 12.2 Å². The topological polar surface area (TPSA) is 143 Å². The molecule has 2 aliphatic heterocycles. The van der Waals surface area contributed by atoms with Gasteiger partial charge in [0.25, 0.3) is 5.56 Å². The van der Waals surface area contributed by atoms with E-state index in [9.17, 15) is 37.8 Å². The van der Waals surface area contributed by atoms with Gasteiger partial charge in [-0.05, 0) is 0 Å². The van der Waals surface area contributed by atoms with Crippen LogP contribution < -0.4 is 16.6 Å². The molecule has 2 bridgehead atoms. The molecule has 0 spiro atoms. The quantitative estimate of drug-likeness (QED) is 0.410. The lowest BCUT2D eigenvalue weighted by Gasteiger charge is -2.29. The first-order valence-corrected chi connectivity index (χ1v) is 7.87. The second-order valence-electron chi connectivity index (χ2n) is 6.14. The van der Waals surface area contributed by atoms with E-state index in [1.165, 1.54) is 5.32 Å². The summed E-state index contributed by atoms with van der Waals surface area (Å²) in [7, 11) is 0. The minimum absolute atomic E-state index is 0.0878. The molecule has 3 rings (SSSR count). The smallest absolute Gasteiger partial charge is 0.393 e. The Morgan fingerprint density at radius 3 is 2.79 bits per heavy atom. The number of rotatable bonds is 3. The molecule has 1 aromatic rings. The summed E-state index contributed by atoms with van der Waals surface area (Å²) in [5.41, 5.74) is -3.50. The van der Waals surface area contributed by atoms with Gasteiger partial charge < -0.3 is 25.0 Å². The third kappa shape index (κ3) is 3.42. The summed E-state index contributed by atoms with van der Waals surface area (Å²) in [4.78, 5) is 36.6. The summed E-state index contributed by atoms with van der Waals surface area (Å²) >= 11 is 0. The highest BCUT2D eigenvalue weighted by Gasteiger charge is 2.61. The van der Waals surface area contributed by atoms with Crippen molar-refractivity contribution >= 4 is 5.91 Å². The van der Waals surface area contributed by atoms with E-state index in [1.54, 1.807) is 0 Å². The number of hydrogen-bond donors (Lipinski definition) is 4. The number of aliphatic hydroxyl groups excluding tert-OH is 2. The van der Waals surface area contributed by atoms with E-state index in [2.05, 4.69) is 11.8 Å². The highest BCUT2D eigenvalue weighted by Crippen LogP contribution is 2.44. The molecule has 0 aromatic carbocycles. The number of amides is 1. The van der Waals surface area contributed by atoms with Gasteiger partial charge in [0.2, 0.25) is 0 Å². The number of H-pyrrole nitrogens is 1. The van der Waals surface area contributed by atoms with Crippen LogP contribution >= 0.6 is 0 Å². The molecule has 2 saturated heterocycles. The number of fused-ring (bicyclic) bond motifs is 2. The first kappa shape index (κ1) is 20.1. The molecule has 4 atom stereocenters. The number of carbonyl (C=O) groups excluding carboxylic acids is 1. The van der Waals surface area contributed by atoms with Gasteiger partial charge in [-0.25, -0.2) is 4.79 Å². The van der Waals surface area contributed by atoms with Crippen LogP contribution in [0.2, 0.25) is 0 Å². The Balaban J connectivity index is 1.82. The number of nitrogens with zero attached hydrogens (tertiary/aromatic N) is 1. The lowest BCUT2D eigenvalue weighted by atomic mass is 10.0. The fraction of sp³-hybridized carbons (Fsp3) is 0.533. The Kier molecular flexibility index (Phi) is 5.06. The number of carbonyl (C=O) groups is 1. The Hall–Kier alpha value is -2.66. The average molecular weight is 405 g/mol. The summed E-state index contributed by atoms with van der Waals surface area (Å²) in [6.07, 6.45) is -7.43. The molecule has 152 valence electrons. The van der Waals surface area contributed by atoms with Crippen molar-refractivity contribution in [2.45, 2.75) is 30.2 Å². The minimum Gasteiger partial charge on any atom is -0.393 e. The van der Waals surface area contributed by atoms with Gasteiger partial charge in [0.15, 0.2) is 6.23 Å². The van der Waals surface area contributed by atoms with Crippen molar-refractivity contribution in [2.75, 3.05) is 19.8 Å². The molecule has 3 heterocycles. The minimum atomic E-state index is -5.06. The second-order valence-corrected chi connectivity index (χ2v) is 6.14. The normalized spacial score (nSPS) is 28.7. The highest BCUT2D eigenvalue weighted by atomic mass is 19.4. The third-order valence-corrected chi connectivity index (χ3v) is 4.33. The molecule has 0 saturated carbocycles. The number of aromatic nitrogens is 2. The third-order valence-electron chi connectivity index (χ3n) is 4.33.